The number of hydrogen-bond donors (Lipinski definition) is 4. The standard InChI is InChI=1S/C48H32O8/c49-41-33-9-1-25-17-34(10-2-26(25)18-33)42(50)44(52)36-12-4-30-22-38(14-6-29(30)20-36)46(54)48(56)40-16-8-31-23-39(15-7-32(31)24-40)47(55)45(53)37-13-5-27-19-35(43(41)51)11-3-28(27)21-37/h1-24,41-42,47-50,55-56H/t41-,42-,47+,48+. The van der Waals surface area contributed by atoms with E-state index in [2.05, 4.69) is 0 Å². The average molecular weight is 737 g/mol. The summed E-state index contributed by atoms with van der Waals surface area (Å²) in [7, 11) is 0. The number of ketones is 4. The van der Waals surface area contributed by atoms with E-state index in [1.165, 1.54) is 0 Å². The molecule has 8 aromatic rings. The van der Waals surface area contributed by atoms with E-state index < -0.39 is 47.5 Å². The molecule has 0 saturated carbocycles. The minimum absolute atomic E-state index is 0.275. The van der Waals surface area contributed by atoms with Gasteiger partial charge in [0.15, 0.2) is 23.1 Å². The predicted octanol–water partition coefficient (Wildman–Crippen LogP) is 8.28. The lowest BCUT2D eigenvalue weighted by Gasteiger charge is -2.15. The zero-order chi connectivity index (χ0) is 38.8. The molecule has 0 heterocycles. The molecule has 0 fully saturated rings. The fourth-order valence-corrected chi connectivity index (χ4v) is 7.59. The van der Waals surface area contributed by atoms with Crippen LogP contribution in [0, 0.1) is 0 Å². The van der Waals surface area contributed by atoms with Gasteiger partial charge in [-0.1, -0.05) is 97.1 Å². The van der Waals surface area contributed by atoms with Crippen molar-refractivity contribution in [1.82, 2.24) is 0 Å². The molecule has 0 radical (unpaired) electrons. The van der Waals surface area contributed by atoms with Crippen LogP contribution >= 0.6 is 0 Å². The normalized spacial score (nSPS) is 19.2. The van der Waals surface area contributed by atoms with Crippen LogP contribution in [0.1, 0.15) is 88.1 Å². The highest BCUT2D eigenvalue weighted by atomic mass is 16.3. The van der Waals surface area contributed by atoms with Crippen molar-refractivity contribution in [2.75, 3.05) is 0 Å². The minimum Gasteiger partial charge on any atom is -0.380 e. The van der Waals surface area contributed by atoms with Crippen LogP contribution in [0.25, 0.3) is 43.1 Å². The summed E-state index contributed by atoms with van der Waals surface area (Å²) in [5.74, 6) is -2.05. The van der Waals surface area contributed by atoms with E-state index in [4.69, 9.17) is 0 Å². The number of Topliss-reactive ketones (excluding diaryl/α,β-unsaturated/α-hetero) is 4. The van der Waals surface area contributed by atoms with Gasteiger partial charge < -0.3 is 20.4 Å². The van der Waals surface area contributed by atoms with Gasteiger partial charge in [0.1, 0.15) is 24.4 Å². The highest BCUT2D eigenvalue weighted by Gasteiger charge is 2.25. The van der Waals surface area contributed by atoms with Crippen LogP contribution in [0.2, 0.25) is 0 Å². The number of carbonyl (C=O) groups is 4. The van der Waals surface area contributed by atoms with Gasteiger partial charge in [0.2, 0.25) is 0 Å². The number of carbonyl (C=O) groups excluding carboxylic acids is 4. The molecule has 0 aromatic heterocycles. The van der Waals surface area contributed by atoms with Crippen molar-refractivity contribution < 1.29 is 39.6 Å². The maximum absolute atomic E-state index is 13.5. The highest BCUT2D eigenvalue weighted by molar-refractivity contribution is 6.08. The summed E-state index contributed by atoms with van der Waals surface area (Å²) in [6.07, 6.45) is -5.85. The van der Waals surface area contributed by atoms with Crippen molar-refractivity contribution in [3.05, 3.63) is 190 Å². The summed E-state index contributed by atoms with van der Waals surface area (Å²) in [6.45, 7) is 0. The van der Waals surface area contributed by atoms with Gasteiger partial charge in [0.05, 0.1) is 0 Å². The molecular weight excluding hydrogens is 705 g/mol. The number of rotatable bonds is 0. The molecule has 8 nitrogen and oxygen atoms in total. The molecule has 272 valence electrons. The lowest BCUT2D eigenvalue weighted by atomic mass is 9.92. The van der Waals surface area contributed by atoms with E-state index >= 15 is 0 Å². The Morgan fingerprint density at radius 1 is 0.250 bits per heavy atom. The van der Waals surface area contributed by atoms with E-state index in [1.54, 1.807) is 146 Å². The second kappa shape index (κ2) is 13.6. The number of aliphatic hydroxyl groups excluding tert-OH is 4. The summed E-state index contributed by atoms with van der Waals surface area (Å²) < 4.78 is 0. The molecule has 0 saturated heterocycles. The smallest absolute Gasteiger partial charge is 0.195 e. The Bertz CT molecular complexity index is 2580. The summed E-state index contributed by atoms with van der Waals surface area (Å²) in [5.41, 5.74) is 2.59. The van der Waals surface area contributed by atoms with Crippen LogP contribution in [0.5, 0.6) is 0 Å². The molecule has 0 amide bonds. The van der Waals surface area contributed by atoms with E-state index in [0.717, 1.165) is 0 Å². The zero-order valence-electron chi connectivity index (χ0n) is 29.6. The molecule has 0 spiro atoms. The molecule has 4 N–H and O–H groups in total. The maximum Gasteiger partial charge on any atom is 0.195 e. The molecule has 0 unspecified atom stereocenters. The fraction of sp³-hybridized carbons (Fsp3) is 0.0833. The van der Waals surface area contributed by atoms with Crippen molar-refractivity contribution in [1.29, 1.82) is 0 Å². The summed E-state index contributed by atoms with van der Waals surface area (Å²) in [6, 6.07) is 39.8. The third kappa shape index (κ3) is 6.07. The van der Waals surface area contributed by atoms with Gasteiger partial charge in [-0.05, 0) is 114 Å². The molecular formula is C48H32O8. The SMILES string of the molecule is O=C1c2ccc3cc(ccc3c2)C(=O)[C@H](O)c2ccc3cc(ccc3c2)[C@@H](O)C(=O)c2ccc3cc(ccc3c2)C(=O)[C@@H](O)c2ccc3cc(ccc3c2)[C@@H]1O. The van der Waals surface area contributed by atoms with Crippen molar-refractivity contribution in [2.45, 2.75) is 24.4 Å². The monoisotopic (exact) mass is 736 g/mol. The maximum atomic E-state index is 13.5. The van der Waals surface area contributed by atoms with Crippen LogP contribution in [-0.4, -0.2) is 43.6 Å². The van der Waals surface area contributed by atoms with Gasteiger partial charge in [0.25, 0.3) is 0 Å². The van der Waals surface area contributed by atoms with Crippen LogP contribution < -0.4 is 0 Å². The second-order valence-corrected chi connectivity index (χ2v) is 14.4. The topological polar surface area (TPSA) is 149 Å². The van der Waals surface area contributed by atoms with E-state index in [-0.39, 0.29) is 22.3 Å². The van der Waals surface area contributed by atoms with Gasteiger partial charge in [0, 0.05) is 22.3 Å². The summed E-state index contributed by atoms with van der Waals surface area (Å²) >= 11 is 0. The Hall–Kier alpha value is -6.68. The quantitative estimate of drug-likeness (QED) is 0.122. The Kier molecular flexibility index (Phi) is 8.49. The molecule has 56 heavy (non-hydrogen) atoms. The van der Waals surface area contributed by atoms with Crippen molar-refractivity contribution in [2.24, 2.45) is 0 Å². The van der Waals surface area contributed by atoms with E-state index in [9.17, 15) is 39.6 Å². The highest BCUT2D eigenvalue weighted by Crippen LogP contribution is 2.32. The Morgan fingerprint density at radius 3 is 0.643 bits per heavy atom. The van der Waals surface area contributed by atoms with Crippen LogP contribution in [0.15, 0.2) is 146 Å². The Morgan fingerprint density at radius 2 is 0.429 bits per heavy atom. The number of aliphatic hydroxyl groups is 4. The van der Waals surface area contributed by atoms with E-state index in [0.29, 0.717) is 65.3 Å². The molecule has 8 aromatic carbocycles. The first-order chi connectivity index (χ1) is 27.0. The van der Waals surface area contributed by atoms with Gasteiger partial charge in [-0.2, -0.15) is 0 Å². The molecule has 0 aliphatic heterocycles. The Balaban J connectivity index is 1.12. The molecule has 8 heteroatoms. The first-order valence-corrected chi connectivity index (χ1v) is 18.1. The second-order valence-electron chi connectivity index (χ2n) is 14.4. The van der Waals surface area contributed by atoms with E-state index in [1.807, 2.05) is 0 Å². The predicted molar refractivity (Wildman–Crippen MR) is 213 cm³/mol. The van der Waals surface area contributed by atoms with Gasteiger partial charge in [-0.15, -0.1) is 0 Å². The van der Waals surface area contributed by atoms with Crippen LogP contribution in [-0.2, 0) is 0 Å². The van der Waals surface area contributed by atoms with Gasteiger partial charge in [-0.25, -0.2) is 0 Å². The first kappa shape index (κ1) is 35.0. The van der Waals surface area contributed by atoms with Crippen molar-refractivity contribution in [3.8, 4) is 0 Å². The third-order valence-electron chi connectivity index (χ3n) is 10.9. The largest absolute Gasteiger partial charge is 0.380 e. The number of hydrogen-bond acceptors (Lipinski definition) is 8. The Labute approximate surface area is 319 Å². The van der Waals surface area contributed by atoms with Crippen molar-refractivity contribution >= 4 is 66.2 Å². The lowest BCUT2D eigenvalue weighted by molar-refractivity contribution is 0.0743. The molecule has 16 bridgehead atoms. The summed E-state index contributed by atoms with van der Waals surface area (Å²) in [5, 5.41) is 50.1. The van der Waals surface area contributed by atoms with Gasteiger partial charge in [-0.3, -0.25) is 19.2 Å². The molecule has 23 rings (SSSR count). The van der Waals surface area contributed by atoms with Gasteiger partial charge >= 0.3 is 0 Å². The third-order valence-corrected chi connectivity index (χ3v) is 10.9. The molecule has 15 aliphatic rings. The lowest BCUT2D eigenvalue weighted by Crippen LogP contribution is -2.14. The van der Waals surface area contributed by atoms with Crippen LogP contribution in [0.3, 0.4) is 0 Å². The fourth-order valence-electron chi connectivity index (χ4n) is 7.59. The van der Waals surface area contributed by atoms with Crippen molar-refractivity contribution in [3.63, 3.8) is 0 Å². The zero-order valence-corrected chi connectivity index (χ0v) is 29.6. The molecule has 15 aliphatic carbocycles. The molecule has 4 atom stereocenters. The number of benzene rings is 8. The van der Waals surface area contributed by atoms with Crippen LogP contribution in [0.4, 0.5) is 0 Å². The minimum atomic E-state index is -1.46. The first-order valence-electron chi connectivity index (χ1n) is 18.1. The summed E-state index contributed by atoms with van der Waals surface area (Å²) in [4.78, 5) is 54.0. The average Bonchev–Trinajstić information content (AvgIpc) is 3.25.